The minimum absolute atomic E-state index is 0.237. The van der Waals surface area contributed by atoms with Gasteiger partial charge in [0.2, 0.25) is 0 Å². The largest absolute Gasteiger partial charge is 0.486 e. The van der Waals surface area contributed by atoms with E-state index in [-0.39, 0.29) is 18.5 Å². The summed E-state index contributed by atoms with van der Waals surface area (Å²) >= 11 is 0. The fourth-order valence-corrected chi connectivity index (χ4v) is 3.45. The van der Waals surface area contributed by atoms with Crippen LogP contribution in [0.25, 0.3) is 0 Å². The van der Waals surface area contributed by atoms with Crippen LogP contribution in [0.2, 0.25) is 0 Å². The van der Waals surface area contributed by atoms with E-state index in [0.717, 1.165) is 31.2 Å². The lowest BCUT2D eigenvalue weighted by Gasteiger charge is -2.28. The highest BCUT2D eigenvalue weighted by atomic mass is 16.6. The Morgan fingerprint density at radius 1 is 1.17 bits per heavy atom. The minimum atomic E-state index is -0.692. The van der Waals surface area contributed by atoms with E-state index in [1.165, 1.54) is 0 Å². The molecule has 1 aliphatic carbocycles. The Morgan fingerprint density at radius 3 is 2.58 bits per heavy atom. The molecule has 6 heteroatoms. The molecule has 0 bridgehead atoms. The van der Waals surface area contributed by atoms with Crippen molar-refractivity contribution in [3.8, 4) is 11.5 Å². The number of ether oxygens (including phenoxy) is 3. The number of fused-ring (bicyclic) bond motifs is 1. The molecule has 1 aromatic carbocycles. The van der Waals surface area contributed by atoms with Crippen molar-refractivity contribution in [1.29, 1.82) is 0 Å². The SMILES string of the molecule is CCNC(=O)COC(=O)C1(c2ccc3c(c2)OCCO3)CCCC1. The monoisotopic (exact) mass is 333 g/mol. The summed E-state index contributed by atoms with van der Waals surface area (Å²) in [6.45, 7) is 3.15. The normalized spacial score (nSPS) is 18.0. The second kappa shape index (κ2) is 7.11. The highest BCUT2D eigenvalue weighted by Gasteiger charge is 2.44. The summed E-state index contributed by atoms with van der Waals surface area (Å²) in [5.41, 5.74) is 0.188. The Labute approximate surface area is 141 Å². The van der Waals surface area contributed by atoms with Crippen molar-refractivity contribution < 1.29 is 23.8 Å². The number of carbonyl (C=O) groups excluding carboxylic acids is 2. The predicted octanol–water partition coefficient (Wildman–Crippen LogP) is 1.95. The Hall–Kier alpha value is -2.24. The van der Waals surface area contributed by atoms with E-state index >= 15 is 0 Å². The van der Waals surface area contributed by atoms with Crippen LogP contribution in [0, 0.1) is 0 Å². The fraction of sp³-hybridized carbons (Fsp3) is 0.556. The Bertz CT molecular complexity index is 622. The molecule has 24 heavy (non-hydrogen) atoms. The van der Waals surface area contributed by atoms with Crippen molar-refractivity contribution in [1.82, 2.24) is 5.32 Å². The quantitative estimate of drug-likeness (QED) is 0.834. The molecule has 3 rings (SSSR count). The zero-order valence-electron chi connectivity index (χ0n) is 13.9. The second-order valence-corrected chi connectivity index (χ2v) is 6.18. The van der Waals surface area contributed by atoms with Crippen LogP contribution >= 0.6 is 0 Å². The summed E-state index contributed by atoms with van der Waals surface area (Å²) in [5, 5.41) is 2.63. The summed E-state index contributed by atoms with van der Waals surface area (Å²) < 4.78 is 16.5. The number of carbonyl (C=O) groups is 2. The van der Waals surface area contributed by atoms with Crippen LogP contribution in [-0.4, -0.2) is 38.2 Å². The predicted molar refractivity (Wildman–Crippen MR) is 87.2 cm³/mol. The lowest BCUT2D eigenvalue weighted by atomic mass is 9.78. The third kappa shape index (κ3) is 3.18. The molecule has 1 amide bonds. The zero-order valence-corrected chi connectivity index (χ0v) is 13.9. The van der Waals surface area contributed by atoms with E-state index in [2.05, 4.69) is 5.32 Å². The molecule has 0 saturated heterocycles. The van der Waals surface area contributed by atoms with Gasteiger partial charge in [0.15, 0.2) is 18.1 Å². The van der Waals surface area contributed by atoms with Crippen molar-refractivity contribution in [2.24, 2.45) is 0 Å². The van der Waals surface area contributed by atoms with Gasteiger partial charge in [0, 0.05) is 6.54 Å². The molecule has 1 saturated carbocycles. The first kappa shape index (κ1) is 16.6. The first-order valence-corrected chi connectivity index (χ1v) is 8.50. The number of amides is 1. The highest BCUT2D eigenvalue weighted by Crippen LogP contribution is 2.45. The van der Waals surface area contributed by atoms with Crippen molar-refractivity contribution in [3.05, 3.63) is 23.8 Å². The van der Waals surface area contributed by atoms with Crippen LogP contribution in [0.3, 0.4) is 0 Å². The van der Waals surface area contributed by atoms with Crippen LogP contribution in [0.1, 0.15) is 38.2 Å². The van der Waals surface area contributed by atoms with Crippen LogP contribution in [0.5, 0.6) is 11.5 Å². The molecule has 6 nitrogen and oxygen atoms in total. The summed E-state index contributed by atoms with van der Waals surface area (Å²) in [7, 11) is 0. The summed E-state index contributed by atoms with van der Waals surface area (Å²) in [4.78, 5) is 24.3. The van der Waals surface area contributed by atoms with Crippen molar-refractivity contribution in [2.75, 3.05) is 26.4 Å². The maximum absolute atomic E-state index is 12.8. The molecule has 1 aromatic rings. The van der Waals surface area contributed by atoms with Gasteiger partial charge in [-0.3, -0.25) is 9.59 Å². The molecule has 0 unspecified atom stereocenters. The van der Waals surface area contributed by atoms with Gasteiger partial charge in [0.05, 0.1) is 5.41 Å². The smallest absolute Gasteiger partial charge is 0.317 e. The van der Waals surface area contributed by atoms with E-state index in [1.54, 1.807) is 0 Å². The standard InChI is InChI=1S/C18H23NO5/c1-2-19-16(20)12-24-17(21)18(7-3-4-8-18)13-5-6-14-15(11-13)23-10-9-22-14/h5-6,11H,2-4,7-10,12H2,1H3,(H,19,20). The molecule has 2 aliphatic rings. The molecular weight excluding hydrogens is 310 g/mol. The molecule has 0 radical (unpaired) electrons. The third-order valence-corrected chi connectivity index (χ3v) is 4.65. The van der Waals surface area contributed by atoms with Crippen LogP contribution in [-0.2, 0) is 19.7 Å². The van der Waals surface area contributed by atoms with E-state index in [9.17, 15) is 9.59 Å². The van der Waals surface area contributed by atoms with Crippen molar-refractivity contribution >= 4 is 11.9 Å². The summed E-state index contributed by atoms with van der Waals surface area (Å²) in [5.74, 6) is 0.763. The number of nitrogens with one attached hydrogen (secondary N) is 1. The van der Waals surface area contributed by atoms with Crippen molar-refractivity contribution in [3.63, 3.8) is 0 Å². The van der Waals surface area contributed by atoms with Gasteiger partial charge >= 0.3 is 5.97 Å². The Balaban J connectivity index is 1.80. The molecular formula is C18H23NO5. The van der Waals surface area contributed by atoms with Crippen LogP contribution in [0.4, 0.5) is 0 Å². The van der Waals surface area contributed by atoms with E-state index in [4.69, 9.17) is 14.2 Å². The third-order valence-electron chi connectivity index (χ3n) is 4.65. The molecule has 0 aromatic heterocycles. The first-order chi connectivity index (χ1) is 11.7. The number of esters is 1. The molecule has 1 heterocycles. The first-order valence-electron chi connectivity index (χ1n) is 8.50. The van der Waals surface area contributed by atoms with Gasteiger partial charge in [0.25, 0.3) is 5.91 Å². The van der Waals surface area contributed by atoms with E-state index in [1.807, 2.05) is 25.1 Å². The lowest BCUT2D eigenvalue weighted by Crippen LogP contribution is -2.37. The molecule has 0 atom stereocenters. The average Bonchev–Trinajstić information content (AvgIpc) is 3.10. The maximum atomic E-state index is 12.8. The van der Waals surface area contributed by atoms with E-state index in [0.29, 0.717) is 31.3 Å². The highest BCUT2D eigenvalue weighted by molar-refractivity contribution is 5.87. The maximum Gasteiger partial charge on any atom is 0.317 e. The number of hydrogen-bond acceptors (Lipinski definition) is 5. The van der Waals surface area contributed by atoms with Gasteiger partial charge in [0.1, 0.15) is 13.2 Å². The Morgan fingerprint density at radius 2 is 1.88 bits per heavy atom. The van der Waals surface area contributed by atoms with Gasteiger partial charge in [-0.25, -0.2) is 0 Å². The zero-order chi connectivity index (χ0) is 17.0. The molecule has 1 fully saturated rings. The summed E-state index contributed by atoms with van der Waals surface area (Å²) in [6, 6.07) is 5.64. The average molecular weight is 333 g/mol. The minimum Gasteiger partial charge on any atom is -0.486 e. The van der Waals surface area contributed by atoms with Gasteiger partial charge in [-0.2, -0.15) is 0 Å². The molecule has 1 aliphatic heterocycles. The number of benzene rings is 1. The fourth-order valence-electron chi connectivity index (χ4n) is 3.45. The Kier molecular flexibility index (Phi) is 4.92. The van der Waals surface area contributed by atoms with Crippen LogP contribution in [0.15, 0.2) is 18.2 Å². The lowest BCUT2D eigenvalue weighted by molar-refractivity contribution is -0.154. The van der Waals surface area contributed by atoms with Gasteiger partial charge in [-0.1, -0.05) is 18.9 Å². The van der Waals surface area contributed by atoms with Gasteiger partial charge < -0.3 is 19.5 Å². The molecule has 1 N–H and O–H groups in total. The van der Waals surface area contributed by atoms with Crippen molar-refractivity contribution in [2.45, 2.75) is 38.0 Å². The topological polar surface area (TPSA) is 73.9 Å². The molecule has 0 spiro atoms. The number of rotatable bonds is 5. The molecule has 130 valence electrons. The second-order valence-electron chi connectivity index (χ2n) is 6.18. The van der Waals surface area contributed by atoms with Gasteiger partial charge in [-0.15, -0.1) is 0 Å². The number of hydrogen-bond donors (Lipinski definition) is 1. The van der Waals surface area contributed by atoms with Gasteiger partial charge in [-0.05, 0) is 37.5 Å². The van der Waals surface area contributed by atoms with Crippen LogP contribution < -0.4 is 14.8 Å². The number of likely N-dealkylation sites (N-methyl/N-ethyl adjacent to an activating group) is 1. The van der Waals surface area contributed by atoms with E-state index < -0.39 is 5.41 Å². The summed E-state index contributed by atoms with van der Waals surface area (Å²) in [6.07, 6.45) is 3.37.